The molecule has 0 aliphatic carbocycles. The molecule has 1 amide bonds. The van der Waals surface area contributed by atoms with Crippen molar-refractivity contribution in [2.24, 2.45) is 0 Å². The third kappa shape index (κ3) is 6.41. The van der Waals surface area contributed by atoms with E-state index >= 15 is 0 Å². The Hall–Kier alpha value is -3.22. The summed E-state index contributed by atoms with van der Waals surface area (Å²) in [5, 5.41) is 6.90. The lowest BCUT2D eigenvalue weighted by molar-refractivity contribution is -0.121. The molecule has 2 aromatic heterocycles. The minimum absolute atomic E-state index is 0.0513. The Kier molecular flexibility index (Phi) is 7.33. The molecule has 3 aromatic rings. The summed E-state index contributed by atoms with van der Waals surface area (Å²) in [6.45, 7) is 4.48. The van der Waals surface area contributed by atoms with Crippen LogP contribution in [0.1, 0.15) is 55.6 Å². The molecule has 0 bridgehead atoms. The van der Waals surface area contributed by atoms with Crippen LogP contribution >= 0.6 is 0 Å². The molecule has 0 fully saturated rings. The van der Waals surface area contributed by atoms with Crippen LogP contribution in [0.25, 0.3) is 0 Å². The standard InChI is InChI=1S/C22H26N4O3/c1-3-5-20-25-22(29-26-20)12-11-21(27)24-16(2)18-7-9-19(10-8-18)28-15-17-6-4-13-23-14-17/h4,6-10,13-14,16H,3,5,11-12,15H2,1-2H3,(H,24,27). The molecule has 0 saturated carbocycles. The quantitative estimate of drug-likeness (QED) is 0.562. The van der Waals surface area contributed by atoms with Gasteiger partial charge in [0.2, 0.25) is 11.8 Å². The van der Waals surface area contributed by atoms with E-state index in [0.29, 0.717) is 31.2 Å². The number of amides is 1. The summed E-state index contributed by atoms with van der Waals surface area (Å²) in [6, 6.07) is 11.5. The molecule has 1 N–H and O–H groups in total. The van der Waals surface area contributed by atoms with Gasteiger partial charge in [-0.1, -0.05) is 30.3 Å². The van der Waals surface area contributed by atoms with Crippen LogP contribution in [0.2, 0.25) is 0 Å². The first kappa shape index (κ1) is 20.5. The average molecular weight is 394 g/mol. The van der Waals surface area contributed by atoms with Gasteiger partial charge in [0.25, 0.3) is 0 Å². The highest BCUT2D eigenvalue weighted by molar-refractivity contribution is 5.76. The molecule has 0 saturated heterocycles. The molecule has 0 aliphatic rings. The third-order valence-electron chi connectivity index (χ3n) is 4.44. The number of ether oxygens (including phenoxy) is 1. The molecule has 7 heteroatoms. The number of pyridine rings is 1. The lowest BCUT2D eigenvalue weighted by Gasteiger charge is -2.15. The summed E-state index contributed by atoms with van der Waals surface area (Å²) in [5.41, 5.74) is 2.02. The molecule has 0 aliphatic heterocycles. The summed E-state index contributed by atoms with van der Waals surface area (Å²) in [5.74, 6) is 1.92. The van der Waals surface area contributed by atoms with Gasteiger partial charge in [0.1, 0.15) is 12.4 Å². The lowest BCUT2D eigenvalue weighted by Crippen LogP contribution is -2.26. The normalized spacial score (nSPS) is 11.8. The largest absolute Gasteiger partial charge is 0.489 e. The lowest BCUT2D eigenvalue weighted by atomic mass is 10.1. The Labute approximate surface area is 170 Å². The molecule has 0 spiro atoms. The van der Waals surface area contributed by atoms with Gasteiger partial charge in [0.05, 0.1) is 6.04 Å². The highest BCUT2D eigenvalue weighted by Gasteiger charge is 2.12. The molecule has 0 radical (unpaired) electrons. The van der Waals surface area contributed by atoms with Gasteiger partial charge in [0.15, 0.2) is 5.82 Å². The maximum absolute atomic E-state index is 12.2. The monoisotopic (exact) mass is 394 g/mol. The van der Waals surface area contributed by atoms with Crippen molar-refractivity contribution in [1.82, 2.24) is 20.4 Å². The van der Waals surface area contributed by atoms with Gasteiger partial charge in [-0.25, -0.2) is 0 Å². The summed E-state index contributed by atoms with van der Waals surface area (Å²) in [6.07, 6.45) is 6.02. The van der Waals surface area contributed by atoms with Gasteiger partial charge in [-0.2, -0.15) is 4.98 Å². The molecule has 1 atom stereocenters. The minimum atomic E-state index is -0.104. The van der Waals surface area contributed by atoms with Crippen molar-refractivity contribution in [1.29, 1.82) is 0 Å². The summed E-state index contributed by atoms with van der Waals surface area (Å²) in [7, 11) is 0. The number of aryl methyl sites for hydroxylation is 2. The number of carbonyl (C=O) groups excluding carboxylic acids is 1. The first-order valence-electron chi connectivity index (χ1n) is 9.86. The van der Waals surface area contributed by atoms with Crippen LogP contribution < -0.4 is 10.1 Å². The number of hydrogen-bond donors (Lipinski definition) is 1. The number of rotatable bonds is 10. The smallest absolute Gasteiger partial charge is 0.227 e. The second-order valence-corrected chi connectivity index (χ2v) is 6.86. The van der Waals surface area contributed by atoms with E-state index in [1.165, 1.54) is 0 Å². The Morgan fingerprint density at radius 3 is 2.76 bits per heavy atom. The number of benzene rings is 1. The zero-order valence-electron chi connectivity index (χ0n) is 16.8. The molecule has 29 heavy (non-hydrogen) atoms. The van der Waals surface area contributed by atoms with Gasteiger partial charge >= 0.3 is 0 Å². The van der Waals surface area contributed by atoms with Crippen molar-refractivity contribution < 1.29 is 14.1 Å². The maximum atomic E-state index is 12.2. The molecule has 3 rings (SSSR count). The zero-order valence-corrected chi connectivity index (χ0v) is 16.8. The van der Waals surface area contributed by atoms with E-state index in [9.17, 15) is 4.79 Å². The highest BCUT2D eigenvalue weighted by atomic mass is 16.5. The van der Waals surface area contributed by atoms with Crippen LogP contribution in [0.4, 0.5) is 0 Å². The second kappa shape index (κ2) is 10.4. The summed E-state index contributed by atoms with van der Waals surface area (Å²) in [4.78, 5) is 20.6. The molecule has 1 unspecified atom stereocenters. The minimum Gasteiger partial charge on any atom is -0.489 e. The van der Waals surface area contributed by atoms with Crippen LogP contribution in [0, 0.1) is 0 Å². The molecule has 152 valence electrons. The molecular weight excluding hydrogens is 368 g/mol. The van der Waals surface area contributed by atoms with Crippen molar-refractivity contribution in [2.75, 3.05) is 0 Å². The van der Waals surface area contributed by atoms with Gasteiger partial charge in [0, 0.05) is 37.2 Å². The van der Waals surface area contributed by atoms with E-state index in [-0.39, 0.29) is 11.9 Å². The van der Waals surface area contributed by atoms with Gasteiger partial charge in [-0.3, -0.25) is 9.78 Å². The Balaban J connectivity index is 1.44. The van der Waals surface area contributed by atoms with Crippen LogP contribution in [0.3, 0.4) is 0 Å². The fourth-order valence-electron chi connectivity index (χ4n) is 2.84. The fourth-order valence-corrected chi connectivity index (χ4v) is 2.84. The zero-order chi connectivity index (χ0) is 20.5. The van der Waals surface area contributed by atoms with E-state index < -0.39 is 0 Å². The fraction of sp³-hybridized carbons (Fsp3) is 0.364. The first-order valence-corrected chi connectivity index (χ1v) is 9.86. The Bertz CT molecular complexity index is 894. The summed E-state index contributed by atoms with van der Waals surface area (Å²) >= 11 is 0. The highest BCUT2D eigenvalue weighted by Crippen LogP contribution is 2.19. The van der Waals surface area contributed by atoms with Crippen molar-refractivity contribution in [3.05, 3.63) is 71.6 Å². The van der Waals surface area contributed by atoms with E-state index in [4.69, 9.17) is 9.26 Å². The number of aromatic nitrogens is 3. The van der Waals surface area contributed by atoms with Crippen LogP contribution in [0.5, 0.6) is 5.75 Å². The van der Waals surface area contributed by atoms with E-state index in [2.05, 4.69) is 27.4 Å². The van der Waals surface area contributed by atoms with Crippen molar-refractivity contribution in [2.45, 2.75) is 52.2 Å². The van der Waals surface area contributed by atoms with E-state index in [0.717, 1.165) is 29.7 Å². The molecular formula is C22H26N4O3. The maximum Gasteiger partial charge on any atom is 0.227 e. The van der Waals surface area contributed by atoms with Crippen LogP contribution in [-0.4, -0.2) is 21.0 Å². The average Bonchev–Trinajstić information content (AvgIpc) is 3.20. The second-order valence-electron chi connectivity index (χ2n) is 6.86. The van der Waals surface area contributed by atoms with Gasteiger partial charge < -0.3 is 14.6 Å². The van der Waals surface area contributed by atoms with Crippen molar-refractivity contribution >= 4 is 5.91 Å². The first-order chi connectivity index (χ1) is 14.1. The van der Waals surface area contributed by atoms with Crippen LogP contribution in [0.15, 0.2) is 53.3 Å². The number of nitrogens with one attached hydrogen (secondary N) is 1. The SMILES string of the molecule is CCCc1noc(CCC(=O)NC(C)c2ccc(OCc3cccnc3)cc2)n1. The number of carbonyl (C=O) groups is 1. The molecule has 1 aromatic carbocycles. The summed E-state index contributed by atoms with van der Waals surface area (Å²) < 4.78 is 10.9. The predicted molar refractivity (Wildman–Crippen MR) is 108 cm³/mol. The number of hydrogen-bond acceptors (Lipinski definition) is 6. The third-order valence-corrected chi connectivity index (χ3v) is 4.44. The Morgan fingerprint density at radius 1 is 1.21 bits per heavy atom. The van der Waals surface area contributed by atoms with Gasteiger partial charge in [-0.05, 0) is 37.1 Å². The topological polar surface area (TPSA) is 90.1 Å². The van der Waals surface area contributed by atoms with Crippen LogP contribution in [-0.2, 0) is 24.2 Å². The van der Waals surface area contributed by atoms with E-state index in [1.807, 2.05) is 43.3 Å². The predicted octanol–water partition coefficient (Wildman–Crippen LogP) is 3.81. The van der Waals surface area contributed by atoms with Crippen molar-refractivity contribution in [3.63, 3.8) is 0 Å². The molecule has 2 heterocycles. The van der Waals surface area contributed by atoms with Crippen molar-refractivity contribution in [3.8, 4) is 5.75 Å². The Morgan fingerprint density at radius 2 is 2.03 bits per heavy atom. The van der Waals surface area contributed by atoms with E-state index in [1.54, 1.807) is 12.4 Å². The molecule has 7 nitrogen and oxygen atoms in total. The van der Waals surface area contributed by atoms with Gasteiger partial charge in [-0.15, -0.1) is 0 Å². The number of nitrogens with zero attached hydrogens (tertiary/aromatic N) is 3.